The van der Waals surface area contributed by atoms with Crippen molar-refractivity contribution in [2.75, 3.05) is 45.3 Å². The number of fused-ring (bicyclic) bond motifs is 3. The Bertz CT molecular complexity index is 1290. The van der Waals surface area contributed by atoms with Crippen LogP contribution in [0.5, 0.6) is 11.5 Å². The van der Waals surface area contributed by atoms with Crippen LogP contribution in [0.2, 0.25) is 0 Å². The van der Waals surface area contributed by atoms with Crippen molar-refractivity contribution in [2.24, 2.45) is 0 Å². The third kappa shape index (κ3) is 4.95. The third-order valence-electron chi connectivity index (χ3n) is 8.50. The summed E-state index contributed by atoms with van der Waals surface area (Å²) in [6.45, 7) is 2.87. The quantitative estimate of drug-likeness (QED) is 0.375. The van der Waals surface area contributed by atoms with E-state index in [0.29, 0.717) is 36.1 Å². The Morgan fingerprint density at radius 1 is 0.868 bits per heavy atom. The minimum absolute atomic E-state index is 0.0157. The number of nitrogens with zero attached hydrogens (tertiary/aromatic N) is 4. The standard InChI is InChI=1S/C30H38N4O3S/c1-36-22-17-21(18-23(19-22)37-2)30(35)34-15-13-33(14-16-34)28-26-24-11-7-4-8-12-25(24)38-29(26)32-27(31-28)20-9-5-3-6-10-20/h17-20H,3-16H2,1-2H3. The first-order valence-corrected chi connectivity index (χ1v) is 15.1. The van der Waals surface area contributed by atoms with E-state index in [2.05, 4.69) is 4.90 Å². The van der Waals surface area contributed by atoms with Gasteiger partial charge in [0.2, 0.25) is 0 Å². The zero-order chi connectivity index (χ0) is 26.1. The van der Waals surface area contributed by atoms with Crippen LogP contribution >= 0.6 is 11.3 Å². The number of ether oxygens (including phenoxy) is 2. The van der Waals surface area contributed by atoms with Gasteiger partial charge in [-0.1, -0.05) is 25.7 Å². The Morgan fingerprint density at radius 3 is 2.26 bits per heavy atom. The summed E-state index contributed by atoms with van der Waals surface area (Å²) in [7, 11) is 3.22. The molecule has 1 saturated carbocycles. The number of anilines is 1. The molecule has 0 unspecified atom stereocenters. The lowest BCUT2D eigenvalue weighted by molar-refractivity contribution is 0.0746. The summed E-state index contributed by atoms with van der Waals surface area (Å²) >= 11 is 1.91. The molecule has 0 bridgehead atoms. The molecule has 3 heterocycles. The molecule has 3 aromatic rings. The highest BCUT2D eigenvalue weighted by molar-refractivity contribution is 7.19. The predicted molar refractivity (Wildman–Crippen MR) is 152 cm³/mol. The largest absolute Gasteiger partial charge is 0.497 e. The van der Waals surface area contributed by atoms with E-state index < -0.39 is 0 Å². The van der Waals surface area contributed by atoms with Crippen LogP contribution in [0.25, 0.3) is 10.2 Å². The van der Waals surface area contributed by atoms with Crippen LogP contribution in [0.1, 0.15) is 83.9 Å². The first kappa shape index (κ1) is 25.4. The molecule has 0 N–H and O–H groups in total. The summed E-state index contributed by atoms with van der Waals surface area (Å²) < 4.78 is 10.8. The predicted octanol–water partition coefficient (Wildman–Crippen LogP) is 5.99. The average molecular weight is 535 g/mol. The lowest BCUT2D eigenvalue weighted by Crippen LogP contribution is -2.49. The molecule has 202 valence electrons. The first-order chi connectivity index (χ1) is 18.6. The summed E-state index contributed by atoms with van der Waals surface area (Å²) in [4.78, 5) is 31.0. The summed E-state index contributed by atoms with van der Waals surface area (Å²) in [5.74, 6) is 3.91. The van der Waals surface area contributed by atoms with Gasteiger partial charge >= 0.3 is 0 Å². The van der Waals surface area contributed by atoms with E-state index in [1.807, 2.05) is 16.2 Å². The van der Waals surface area contributed by atoms with Gasteiger partial charge in [-0.2, -0.15) is 0 Å². The van der Waals surface area contributed by atoms with Crippen LogP contribution < -0.4 is 14.4 Å². The van der Waals surface area contributed by atoms with E-state index in [1.165, 1.54) is 78.4 Å². The van der Waals surface area contributed by atoms with E-state index in [4.69, 9.17) is 19.4 Å². The Kier molecular flexibility index (Phi) is 7.41. The molecule has 2 aliphatic carbocycles. The van der Waals surface area contributed by atoms with Gasteiger partial charge in [-0.15, -0.1) is 11.3 Å². The number of aromatic nitrogens is 2. The molecule has 2 aromatic heterocycles. The molecule has 38 heavy (non-hydrogen) atoms. The molecule has 6 rings (SSSR count). The molecule has 8 heteroatoms. The van der Waals surface area contributed by atoms with Crippen LogP contribution in [-0.4, -0.2) is 61.2 Å². The molecular weight excluding hydrogens is 496 g/mol. The maximum absolute atomic E-state index is 13.4. The normalized spacial score (nSPS) is 18.8. The summed E-state index contributed by atoms with van der Waals surface area (Å²) in [6.07, 6.45) is 12.4. The number of carbonyl (C=O) groups excluding carboxylic acids is 1. The summed E-state index contributed by atoms with van der Waals surface area (Å²) in [5.41, 5.74) is 2.09. The van der Waals surface area contributed by atoms with Gasteiger partial charge in [0.25, 0.3) is 5.91 Å². The number of amides is 1. The van der Waals surface area contributed by atoms with Crippen LogP contribution in [0.3, 0.4) is 0 Å². The molecular formula is C30H38N4O3S. The molecule has 0 radical (unpaired) electrons. The van der Waals surface area contributed by atoms with E-state index in [-0.39, 0.29) is 5.91 Å². The molecule has 3 aliphatic rings. The first-order valence-electron chi connectivity index (χ1n) is 14.2. The Labute approximate surface area is 229 Å². The lowest BCUT2D eigenvalue weighted by atomic mass is 9.88. The van der Waals surface area contributed by atoms with E-state index in [9.17, 15) is 4.79 Å². The van der Waals surface area contributed by atoms with Gasteiger partial charge in [0, 0.05) is 48.6 Å². The van der Waals surface area contributed by atoms with Gasteiger partial charge in [0.1, 0.15) is 28.0 Å². The molecule has 7 nitrogen and oxygen atoms in total. The van der Waals surface area contributed by atoms with Gasteiger partial charge in [-0.05, 0) is 56.2 Å². The molecule has 0 spiro atoms. The van der Waals surface area contributed by atoms with E-state index >= 15 is 0 Å². The maximum atomic E-state index is 13.4. The number of aryl methyl sites for hydroxylation is 2. The number of thiophene rings is 1. The average Bonchev–Trinajstić information content (AvgIpc) is 3.17. The van der Waals surface area contributed by atoms with Crippen molar-refractivity contribution in [3.8, 4) is 11.5 Å². The zero-order valence-electron chi connectivity index (χ0n) is 22.6. The van der Waals surface area contributed by atoms with Gasteiger partial charge in [0.05, 0.1) is 19.6 Å². The smallest absolute Gasteiger partial charge is 0.254 e. The molecule has 0 atom stereocenters. The minimum Gasteiger partial charge on any atom is -0.497 e. The fourth-order valence-corrected chi connectivity index (χ4v) is 7.60. The van der Waals surface area contributed by atoms with Crippen LogP contribution in [-0.2, 0) is 12.8 Å². The number of methoxy groups -OCH3 is 2. The Morgan fingerprint density at radius 2 is 1.55 bits per heavy atom. The number of hydrogen-bond acceptors (Lipinski definition) is 7. The monoisotopic (exact) mass is 534 g/mol. The molecule has 2 fully saturated rings. The molecule has 1 amide bonds. The van der Waals surface area contributed by atoms with Gasteiger partial charge < -0.3 is 19.3 Å². The van der Waals surface area contributed by atoms with Crippen LogP contribution in [0.4, 0.5) is 5.82 Å². The van der Waals surface area contributed by atoms with Gasteiger partial charge in [-0.3, -0.25) is 4.79 Å². The second-order valence-electron chi connectivity index (χ2n) is 10.9. The van der Waals surface area contributed by atoms with Crippen molar-refractivity contribution in [1.29, 1.82) is 0 Å². The highest BCUT2D eigenvalue weighted by Crippen LogP contribution is 2.41. The number of rotatable bonds is 5. The number of carbonyl (C=O) groups is 1. The van der Waals surface area contributed by atoms with E-state index in [0.717, 1.165) is 31.2 Å². The Balaban J connectivity index is 1.29. The van der Waals surface area contributed by atoms with Crippen LogP contribution in [0.15, 0.2) is 18.2 Å². The molecule has 1 saturated heterocycles. The van der Waals surface area contributed by atoms with Crippen molar-refractivity contribution < 1.29 is 14.3 Å². The van der Waals surface area contributed by atoms with Crippen molar-refractivity contribution in [2.45, 2.75) is 70.1 Å². The number of hydrogen-bond donors (Lipinski definition) is 0. The third-order valence-corrected chi connectivity index (χ3v) is 9.68. The summed E-state index contributed by atoms with van der Waals surface area (Å²) in [5, 5.41) is 1.30. The Hall–Kier alpha value is -2.87. The lowest BCUT2D eigenvalue weighted by Gasteiger charge is -2.36. The second-order valence-corrected chi connectivity index (χ2v) is 11.9. The summed E-state index contributed by atoms with van der Waals surface area (Å²) in [6, 6.07) is 5.38. The number of benzene rings is 1. The fraction of sp³-hybridized carbons (Fsp3) is 0.567. The zero-order valence-corrected chi connectivity index (χ0v) is 23.4. The second kappa shape index (κ2) is 11.1. The number of piperazine rings is 1. The van der Waals surface area contributed by atoms with Crippen molar-refractivity contribution >= 4 is 33.3 Å². The minimum atomic E-state index is 0.0157. The highest BCUT2D eigenvalue weighted by atomic mass is 32.1. The highest BCUT2D eigenvalue weighted by Gasteiger charge is 2.29. The van der Waals surface area contributed by atoms with Gasteiger partial charge in [0.15, 0.2) is 0 Å². The van der Waals surface area contributed by atoms with Crippen LogP contribution in [0, 0.1) is 0 Å². The molecule has 1 aliphatic heterocycles. The fourth-order valence-electron chi connectivity index (χ4n) is 6.34. The van der Waals surface area contributed by atoms with Gasteiger partial charge in [-0.25, -0.2) is 9.97 Å². The SMILES string of the molecule is COc1cc(OC)cc(C(=O)N2CCN(c3nc(C4CCCCC4)nc4sc5c(c34)CCCCC5)CC2)c1. The van der Waals surface area contributed by atoms with Crippen molar-refractivity contribution in [1.82, 2.24) is 14.9 Å². The maximum Gasteiger partial charge on any atom is 0.254 e. The van der Waals surface area contributed by atoms with Crippen molar-refractivity contribution in [3.63, 3.8) is 0 Å². The van der Waals surface area contributed by atoms with Crippen molar-refractivity contribution in [3.05, 3.63) is 40.0 Å². The topological polar surface area (TPSA) is 67.8 Å². The molecule has 1 aromatic carbocycles. The van der Waals surface area contributed by atoms with E-state index in [1.54, 1.807) is 32.4 Å².